The lowest BCUT2D eigenvalue weighted by Crippen LogP contribution is -2.21. The van der Waals surface area contributed by atoms with E-state index in [0.717, 1.165) is 13.0 Å². The molecule has 3 rings (SSSR count). The van der Waals surface area contributed by atoms with Gasteiger partial charge in [-0.1, -0.05) is 18.2 Å². The van der Waals surface area contributed by atoms with Gasteiger partial charge in [0.15, 0.2) is 0 Å². The topological polar surface area (TPSA) is 24.9 Å². The molecule has 1 unspecified atom stereocenters. The van der Waals surface area contributed by atoms with Crippen LogP contribution in [0.5, 0.6) is 0 Å². The Hall–Kier alpha value is -1.71. The van der Waals surface area contributed by atoms with Crippen molar-refractivity contribution >= 4 is 21.4 Å². The first-order valence-electron chi connectivity index (χ1n) is 7.36. The monoisotopic (exact) mass is 296 g/mol. The molecule has 2 heterocycles. The van der Waals surface area contributed by atoms with Crippen molar-refractivity contribution in [3.8, 4) is 0 Å². The third-order valence-electron chi connectivity index (χ3n) is 3.89. The maximum atomic E-state index is 4.05. The molecule has 0 saturated carbocycles. The van der Waals surface area contributed by atoms with Crippen molar-refractivity contribution < 1.29 is 0 Å². The fraction of sp³-hybridized carbons (Fsp3) is 0.278. The Balaban J connectivity index is 1.67. The van der Waals surface area contributed by atoms with Gasteiger partial charge in [0.2, 0.25) is 0 Å². The van der Waals surface area contributed by atoms with E-state index < -0.39 is 0 Å². The minimum absolute atomic E-state index is 0.393. The SMILES string of the molecule is Cc1c(C(C)NCCc2ccncc2)sc2ccccc12. The number of benzene rings is 1. The van der Waals surface area contributed by atoms with Crippen molar-refractivity contribution in [2.45, 2.75) is 26.3 Å². The van der Waals surface area contributed by atoms with Gasteiger partial charge in [0.1, 0.15) is 0 Å². The Morgan fingerprint density at radius 3 is 2.67 bits per heavy atom. The van der Waals surface area contributed by atoms with Gasteiger partial charge >= 0.3 is 0 Å². The van der Waals surface area contributed by atoms with Gasteiger partial charge in [0, 0.05) is 28.0 Å². The molecule has 0 aliphatic carbocycles. The van der Waals surface area contributed by atoms with Gasteiger partial charge < -0.3 is 5.32 Å². The number of nitrogens with one attached hydrogen (secondary N) is 1. The number of aryl methyl sites for hydroxylation is 1. The quantitative estimate of drug-likeness (QED) is 0.750. The Morgan fingerprint density at radius 2 is 1.90 bits per heavy atom. The van der Waals surface area contributed by atoms with E-state index in [9.17, 15) is 0 Å². The van der Waals surface area contributed by atoms with E-state index in [2.05, 4.69) is 60.5 Å². The maximum Gasteiger partial charge on any atom is 0.0389 e. The Kier molecular flexibility index (Phi) is 4.32. The minimum Gasteiger partial charge on any atom is -0.309 e. The number of hydrogen-bond acceptors (Lipinski definition) is 3. The van der Waals surface area contributed by atoms with Gasteiger partial charge in [0.25, 0.3) is 0 Å². The maximum absolute atomic E-state index is 4.05. The van der Waals surface area contributed by atoms with E-state index in [4.69, 9.17) is 0 Å². The molecule has 108 valence electrons. The minimum atomic E-state index is 0.393. The lowest BCUT2D eigenvalue weighted by Gasteiger charge is -2.13. The standard InChI is InChI=1S/C18H20N2S/c1-13-16-5-3-4-6-17(16)21-18(13)14(2)20-12-9-15-7-10-19-11-8-15/h3-8,10-11,14,20H,9,12H2,1-2H3. The van der Waals surface area contributed by atoms with Crippen molar-refractivity contribution in [1.29, 1.82) is 0 Å². The number of aromatic nitrogens is 1. The van der Waals surface area contributed by atoms with E-state index in [1.807, 2.05) is 23.7 Å². The highest BCUT2D eigenvalue weighted by molar-refractivity contribution is 7.19. The van der Waals surface area contributed by atoms with Gasteiger partial charge in [-0.15, -0.1) is 11.3 Å². The summed E-state index contributed by atoms with van der Waals surface area (Å²) in [6.45, 7) is 5.47. The zero-order valence-electron chi connectivity index (χ0n) is 12.5. The van der Waals surface area contributed by atoms with Crippen molar-refractivity contribution in [2.75, 3.05) is 6.54 Å². The second-order valence-corrected chi connectivity index (χ2v) is 6.45. The molecular formula is C18H20N2S. The molecule has 21 heavy (non-hydrogen) atoms. The van der Waals surface area contributed by atoms with Crippen molar-refractivity contribution in [3.05, 3.63) is 64.8 Å². The summed E-state index contributed by atoms with van der Waals surface area (Å²) in [5.74, 6) is 0. The van der Waals surface area contributed by atoms with Crippen LogP contribution < -0.4 is 5.32 Å². The number of pyridine rings is 1. The van der Waals surface area contributed by atoms with E-state index in [-0.39, 0.29) is 0 Å². The molecule has 2 aromatic heterocycles. The highest BCUT2D eigenvalue weighted by atomic mass is 32.1. The van der Waals surface area contributed by atoms with E-state index in [0.29, 0.717) is 6.04 Å². The van der Waals surface area contributed by atoms with Crippen LogP contribution in [0.4, 0.5) is 0 Å². The van der Waals surface area contributed by atoms with Crippen LogP contribution in [0.2, 0.25) is 0 Å². The van der Waals surface area contributed by atoms with E-state index in [1.165, 1.54) is 26.1 Å². The Labute approximate surface area is 129 Å². The largest absolute Gasteiger partial charge is 0.309 e. The molecule has 0 saturated heterocycles. The molecular weight excluding hydrogens is 276 g/mol. The van der Waals surface area contributed by atoms with Gasteiger partial charge in [-0.25, -0.2) is 0 Å². The summed E-state index contributed by atoms with van der Waals surface area (Å²) >= 11 is 1.91. The number of fused-ring (bicyclic) bond motifs is 1. The molecule has 0 amide bonds. The van der Waals surface area contributed by atoms with Crippen molar-refractivity contribution in [2.24, 2.45) is 0 Å². The second-order valence-electron chi connectivity index (χ2n) is 5.37. The fourth-order valence-corrected chi connectivity index (χ4v) is 3.92. The van der Waals surface area contributed by atoms with Gasteiger partial charge in [-0.2, -0.15) is 0 Å². The molecule has 0 spiro atoms. The average molecular weight is 296 g/mol. The molecule has 0 fully saturated rings. The highest BCUT2D eigenvalue weighted by Crippen LogP contribution is 2.34. The number of rotatable bonds is 5. The predicted molar refractivity (Wildman–Crippen MR) is 90.9 cm³/mol. The number of nitrogens with zero attached hydrogens (tertiary/aromatic N) is 1. The van der Waals surface area contributed by atoms with Crippen LogP contribution in [-0.2, 0) is 6.42 Å². The van der Waals surface area contributed by atoms with Gasteiger partial charge in [-0.3, -0.25) is 4.98 Å². The molecule has 3 heteroatoms. The third-order valence-corrected chi connectivity index (χ3v) is 5.34. The average Bonchev–Trinajstić information content (AvgIpc) is 2.86. The lowest BCUT2D eigenvalue weighted by molar-refractivity contribution is 0.583. The first kappa shape index (κ1) is 14.2. The van der Waals surface area contributed by atoms with Crippen LogP contribution in [0.3, 0.4) is 0 Å². The zero-order chi connectivity index (χ0) is 14.7. The first-order chi connectivity index (χ1) is 10.3. The van der Waals surface area contributed by atoms with Gasteiger partial charge in [0.05, 0.1) is 0 Å². The van der Waals surface area contributed by atoms with Gasteiger partial charge in [-0.05, 0) is 61.5 Å². The smallest absolute Gasteiger partial charge is 0.0389 e. The Bertz CT molecular complexity index is 718. The third kappa shape index (κ3) is 3.14. The predicted octanol–water partition coefficient (Wildman–Crippen LogP) is 4.50. The molecule has 1 N–H and O–H groups in total. The van der Waals surface area contributed by atoms with Crippen LogP contribution >= 0.6 is 11.3 Å². The normalized spacial score (nSPS) is 12.7. The summed E-state index contributed by atoms with van der Waals surface area (Å²) in [6, 6.07) is 13.2. The molecule has 0 aliphatic rings. The van der Waals surface area contributed by atoms with E-state index in [1.54, 1.807) is 0 Å². The van der Waals surface area contributed by atoms with E-state index >= 15 is 0 Å². The summed E-state index contributed by atoms with van der Waals surface area (Å²) in [4.78, 5) is 5.50. The summed E-state index contributed by atoms with van der Waals surface area (Å²) in [6.07, 6.45) is 4.75. The summed E-state index contributed by atoms with van der Waals surface area (Å²) in [5, 5.41) is 5.03. The van der Waals surface area contributed by atoms with Crippen LogP contribution in [0, 0.1) is 6.92 Å². The summed E-state index contributed by atoms with van der Waals surface area (Å²) in [7, 11) is 0. The van der Waals surface area contributed by atoms with Crippen molar-refractivity contribution in [3.63, 3.8) is 0 Å². The fourth-order valence-electron chi connectivity index (χ4n) is 2.68. The number of thiophene rings is 1. The molecule has 3 aromatic rings. The summed E-state index contributed by atoms with van der Waals surface area (Å²) < 4.78 is 1.38. The molecule has 1 atom stereocenters. The first-order valence-corrected chi connectivity index (χ1v) is 8.17. The van der Waals surface area contributed by atoms with Crippen molar-refractivity contribution in [1.82, 2.24) is 10.3 Å². The molecule has 2 nitrogen and oxygen atoms in total. The van der Waals surface area contributed by atoms with Crippen LogP contribution in [0.15, 0.2) is 48.8 Å². The number of hydrogen-bond donors (Lipinski definition) is 1. The highest BCUT2D eigenvalue weighted by Gasteiger charge is 2.13. The molecule has 1 aromatic carbocycles. The van der Waals surface area contributed by atoms with Crippen LogP contribution in [0.25, 0.3) is 10.1 Å². The zero-order valence-corrected chi connectivity index (χ0v) is 13.3. The Morgan fingerprint density at radius 1 is 1.14 bits per heavy atom. The second kappa shape index (κ2) is 6.37. The summed E-state index contributed by atoms with van der Waals surface area (Å²) in [5.41, 5.74) is 2.75. The molecule has 0 radical (unpaired) electrons. The van der Waals surface area contributed by atoms with Crippen LogP contribution in [0.1, 0.15) is 29.0 Å². The molecule has 0 aliphatic heterocycles. The molecule has 0 bridgehead atoms. The lowest BCUT2D eigenvalue weighted by atomic mass is 10.1. The van der Waals surface area contributed by atoms with Crippen LogP contribution in [-0.4, -0.2) is 11.5 Å².